The highest BCUT2D eigenvalue weighted by Gasteiger charge is 2.24. The fourth-order valence-corrected chi connectivity index (χ4v) is 5.19. The number of nitrogens with zero attached hydrogens (tertiary/aromatic N) is 5. The van der Waals surface area contributed by atoms with Crippen LogP contribution in [-0.4, -0.2) is 61.3 Å². The van der Waals surface area contributed by atoms with Crippen LogP contribution in [0.5, 0.6) is 5.88 Å². The second-order valence-corrected chi connectivity index (χ2v) is 10.7. The summed E-state index contributed by atoms with van der Waals surface area (Å²) in [6.07, 6.45) is 2.67. The molecule has 2 aliphatic heterocycles. The lowest BCUT2D eigenvalue weighted by Crippen LogP contribution is -2.31. The molecule has 1 atom stereocenters. The van der Waals surface area contributed by atoms with Crippen LogP contribution in [0.2, 0.25) is 0 Å². The van der Waals surface area contributed by atoms with Gasteiger partial charge in [0.2, 0.25) is 5.88 Å². The molecule has 3 aromatic heterocycles. The third kappa shape index (κ3) is 5.46. The number of hydrogen-bond donors (Lipinski definition) is 1. The summed E-state index contributed by atoms with van der Waals surface area (Å²) in [6.45, 7) is 2.52. The molecule has 7 rings (SSSR count). The number of pyridine rings is 1. The molecule has 2 fully saturated rings. The average Bonchev–Trinajstić information content (AvgIpc) is 3.54. The summed E-state index contributed by atoms with van der Waals surface area (Å²) in [5.41, 5.74) is 2.36. The Morgan fingerprint density at radius 1 is 1.07 bits per heavy atom. The van der Waals surface area contributed by atoms with E-state index in [1.807, 2.05) is 21.5 Å². The molecule has 2 aromatic carbocycles. The third-order valence-corrected chi connectivity index (χ3v) is 7.76. The van der Waals surface area contributed by atoms with Crippen LogP contribution in [-0.2, 0) is 29.0 Å². The van der Waals surface area contributed by atoms with E-state index >= 15 is 8.78 Å². The topological polar surface area (TPSA) is 114 Å². The SMILES string of the molecule is O=C(O)c1ccc2nc(Cc3cc(F)c(-c4cccc(OCc5ccn(C6COC6)n5)n4)cc3F)n(CC3CCO3)c2c1. The normalized spacial score (nSPS) is 16.7. The van der Waals surface area contributed by atoms with E-state index in [0.717, 1.165) is 24.2 Å². The van der Waals surface area contributed by atoms with Crippen molar-refractivity contribution in [1.29, 1.82) is 0 Å². The summed E-state index contributed by atoms with van der Waals surface area (Å²) in [6, 6.07) is 13.9. The predicted octanol–water partition coefficient (Wildman–Crippen LogP) is 4.80. The zero-order valence-corrected chi connectivity index (χ0v) is 23.0. The van der Waals surface area contributed by atoms with E-state index in [-0.39, 0.29) is 53.4 Å². The van der Waals surface area contributed by atoms with Gasteiger partial charge >= 0.3 is 5.97 Å². The zero-order valence-electron chi connectivity index (χ0n) is 23.0. The first-order valence-electron chi connectivity index (χ1n) is 14.0. The first kappa shape index (κ1) is 27.2. The molecule has 10 nitrogen and oxygen atoms in total. The fraction of sp³-hybridized carbons (Fsp3) is 0.290. The Bertz CT molecular complexity index is 1830. The molecular formula is C31H27F2N5O5. The minimum absolute atomic E-state index is 0.00302. The summed E-state index contributed by atoms with van der Waals surface area (Å²) >= 11 is 0. The maximum atomic E-state index is 15.5. The Kier molecular flexibility index (Phi) is 7.07. The predicted molar refractivity (Wildman–Crippen MR) is 150 cm³/mol. The van der Waals surface area contributed by atoms with Crippen LogP contribution in [0.25, 0.3) is 22.3 Å². The van der Waals surface area contributed by atoms with Gasteiger partial charge in [0, 0.05) is 30.9 Å². The zero-order chi connectivity index (χ0) is 29.5. The number of aromatic nitrogens is 5. The van der Waals surface area contributed by atoms with Crippen molar-refractivity contribution in [2.45, 2.75) is 38.1 Å². The lowest BCUT2D eigenvalue weighted by atomic mass is 10.0. The number of carboxylic acid groups (broad SMARTS) is 1. The van der Waals surface area contributed by atoms with E-state index < -0.39 is 17.6 Å². The molecule has 2 saturated heterocycles. The van der Waals surface area contributed by atoms with Crippen molar-refractivity contribution in [2.75, 3.05) is 19.8 Å². The van der Waals surface area contributed by atoms with E-state index in [0.29, 0.717) is 43.2 Å². The molecule has 0 amide bonds. The smallest absolute Gasteiger partial charge is 0.335 e. The van der Waals surface area contributed by atoms with E-state index in [9.17, 15) is 9.90 Å². The van der Waals surface area contributed by atoms with Crippen molar-refractivity contribution in [3.05, 3.63) is 95.1 Å². The highest BCUT2D eigenvalue weighted by molar-refractivity contribution is 5.92. The number of imidazole rings is 1. The Hall–Kier alpha value is -4.68. The molecule has 2 aliphatic rings. The van der Waals surface area contributed by atoms with Gasteiger partial charge in [-0.15, -0.1) is 0 Å². The molecule has 12 heteroatoms. The summed E-state index contributed by atoms with van der Waals surface area (Å²) in [4.78, 5) is 20.6. The second kappa shape index (κ2) is 11.2. The molecule has 0 spiro atoms. The van der Waals surface area contributed by atoms with Crippen LogP contribution in [0.3, 0.4) is 0 Å². The third-order valence-electron chi connectivity index (χ3n) is 7.76. The molecule has 1 unspecified atom stereocenters. The van der Waals surface area contributed by atoms with Crippen LogP contribution in [0, 0.1) is 11.6 Å². The minimum Gasteiger partial charge on any atom is -0.478 e. The molecule has 0 bridgehead atoms. The standard InChI is InChI=1S/C31H27F2N5O5/c32-24-13-23(26-2-1-3-30(35-26)43-15-20-6-8-38(36-20)21-16-41-17-21)25(33)10-19(24)12-29-34-27-5-4-18(31(39)40)11-28(27)37(29)14-22-7-9-42-22/h1-6,8,10-11,13,21-22H,7,9,12,14-17H2,(H,39,40). The highest BCUT2D eigenvalue weighted by atomic mass is 19.1. The lowest BCUT2D eigenvalue weighted by Gasteiger charge is -2.27. The molecule has 1 N–H and O–H groups in total. The highest BCUT2D eigenvalue weighted by Crippen LogP contribution is 2.29. The molecule has 0 radical (unpaired) electrons. The van der Waals surface area contributed by atoms with Gasteiger partial charge in [-0.2, -0.15) is 5.10 Å². The van der Waals surface area contributed by atoms with Crippen molar-refractivity contribution in [2.24, 2.45) is 0 Å². The van der Waals surface area contributed by atoms with Gasteiger partial charge in [0.05, 0.1) is 59.9 Å². The van der Waals surface area contributed by atoms with Gasteiger partial charge in [0.25, 0.3) is 0 Å². The summed E-state index contributed by atoms with van der Waals surface area (Å²) < 4.78 is 51.2. The van der Waals surface area contributed by atoms with E-state index in [2.05, 4.69) is 15.1 Å². The molecular weight excluding hydrogens is 560 g/mol. The van der Waals surface area contributed by atoms with Gasteiger partial charge in [0.15, 0.2) is 0 Å². The number of benzene rings is 2. The van der Waals surface area contributed by atoms with Gasteiger partial charge in [-0.1, -0.05) is 6.07 Å². The van der Waals surface area contributed by atoms with Crippen molar-refractivity contribution in [3.8, 4) is 17.1 Å². The Labute approximate surface area is 244 Å². The number of carbonyl (C=O) groups is 1. The molecule has 43 heavy (non-hydrogen) atoms. The first-order valence-corrected chi connectivity index (χ1v) is 14.0. The number of rotatable bonds is 10. The van der Waals surface area contributed by atoms with Crippen LogP contribution in [0.15, 0.2) is 60.8 Å². The minimum atomic E-state index is -1.06. The van der Waals surface area contributed by atoms with Crippen LogP contribution in [0.1, 0.15) is 39.9 Å². The van der Waals surface area contributed by atoms with Crippen LogP contribution >= 0.6 is 0 Å². The first-order chi connectivity index (χ1) is 20.9. The molecule has 0 aliphatic carbocycles. The number of ether oxygens (including phenoxy) is 3. The maximum absolute atomic E-state index is 15.5. The monoisotopic (exact) mass is 587 g/mol. The number of hydrogen-bond acceptors (Lipinski definition) is 7. The number of fused-ring (bicyclic) bond motifs is 1. The summed E-state index contributed by atoms with van der Waals surface area (Å²) in [5.74, 6) is -1.56. The van der Waals surface area contributed by atoms with Crippen LogP contribution in [0.4, 0.5) is 8.78 Å². The van der Waals surface area contributed by atoms with Gasteiger partial charge in [-0.25, -0.2) is 23.5 Å². The Balaban J connectivity index is 1.12. The molecule has 5 aromatic rings. The Morgan fingerprint density at radius 3 is 2.67 bits per heavy atom. The van der Waals surface area contributed by atoms with Gasteiger partial charge in [-0.3, -0.25) is 4.68 Å². The van der Waals surface area contributed by atoms with Crippen molar-refractivity contribution < 1.29 is 32.9 Å². The number of halogens is 2. The largest absolute Gasteiger partial charge is 0.478 e. The van der Waals surface area contributed by atoms with E-state index in [4.69, 9.17) is 14.2 Å². The molecule has 0 saturated carbocycles. The van der Waals surface area contributed by atoms with Crippen LogP contribution < -0.4 is 4.74 Å². The van der Waals surface area contributed by atoms with E-state index in [1.165, 1.54) is 6.07 Å². The number of aromatic carboxylic acids is 1. The quantitative estimate of drug-likeness (QED) is 0.248. The average molecular weight is 588 g/mol. The summed E-state index contributed by atoms with van der Waals surface area (Å²) in [7, 11) is 0. The fourth-order valence-electron chi connectivity index (χ4n) is 5.19. The summed E-state index contributed by atoms with van der Waals surface area (Å²) in [5, 5.41) is 14.0. The van der Waals surface area contributed by atoms with Crippen molar-refractivity contribution >= 4 is 17.0 Å². The Morgan fingerprint density at radius 2 is 1.93 bits per heavy atom. The molecule has 220 valence electrons. The van der Waals surface area contributed by atoms with Gasteiger partial charge in [-0.05, 0) is 54.4 Å². The van der Waals surface area contributed by atoms with Gasteiger partial charge in [0.1, 0.15) is 24.1 Å². The van der Waals surface area contributed by atoms with E-state index in [1.54, 1.807) is 30.3 Å². The van der Waals surface area contributed by atoms with Crippen molar-refractivity contribution in [3.63, 3.8) is 0 Å². The second-order valence-electron chi connectivity index (χ2n) is 10.7. The van der Waals surface area contributed by atoms with Crippen molar-refractivity contribution in [1.82, 2.24) is 24.3 Å². The lowest BCUT2D eigenvalue weighted by molar-refractivity contribution is -0.0589. The maximum Gasteiger partial charge on any atom is 0.335 e. The number of carboxylic acids is 1. The molecule has 5 heterocycles. The van der Waals surface area contributed by atoms with Gasteiger partial charge < -0.3 is 23.9 Å².